The minimum absolute atomic E-state index is 0.0244. The Morgan fingerprint density at radius 3 is 2.59 bits per heavy atom. The van der Waals surface area contributed by atoms with E-state index in [1.165, 1.54) is 10.7 Å². The number of aromatic amines is 1. The molecule has 0 aliphatic carbocycles. The van der Waals surface area contributed by atoms with Crippen LogP contribution in [0.4, 0.5) is 0 Å². The smallest absolute Gasteiger partial charge is 0.271 e. The number of para-hydroxylation sites is 1. The standard InChI is InChI=1S/C19H25N5O3/c1-20-17(25)10-14-8-9-15(23(14)2)12-21-19(27)16-11-18(26)24(22-16)13-6-4-3-5-7-13/h3-7,11,14-15,22H,8-10,12H2,1-2H3,(H,20,25)(H,21,27)/t14-,15+/m1/s1. The van der Waals surface area contributed by atoms with Gasteiger partial charge in [0, 0.05) is 38.2 Å². The summed E-state index contributed by atoms with van der Waals surface area (Å²) in [5.74, 6) is -0.290. The van der Waals surface area contributed by atoms with Crippen molar-refractivity contribution >= 4 is 11.8 Å². The second kappa shape index (κ2) is 8.22. The number of nitrogens with zero attached hydrogens (tertiary/aromatic N) is 2. The molecule has 8 nitrogen and oxygen atoms in total. The Kier molecular flexibility index (Phi) is 5.75. The molecule has 0 radical (unpaired) electrons. The quantitative estimate of drug-likeness (QED) is 0.688. The summed E-state index contributed by atoms with van der Waals surface area (Å²) >= 11 is 0. The lowest BCUT2D eigenvalue weighted by Gasteiger charge is -2.25. The third-order valence-corrected chi connectivity index (χ3v) is 5.16. The van der Waals surface area contributed by atoms with Gasteiger partial charge in [0.05, 0.1) is 5.69 Å². The largest absolute Gasteiger partial charge is 0.359 e. The van der Waals surface area contributed by atoms with Crippen LogP contribution in [0, 0.1) is 0 Å². The van der Waals surface area contributed by atoms with E-state index in [2.05, 4.69) is 20.6 Å². The first-order valence-electron chi connectivity index (χ1n) is 9.07. The van der Waals surface area contributed by atoms with Gasteiger partial charge in [-0.15, -0.1) is 0 Å². The lowest BCUT2D eigenvalue weighted by Crippen LogP contribution is -2.42. The van der Waals surface area contributed by atoms with E-state index in [1.807, 2.05) is 25.2 Å². The maximum atomic E-state index is 12.4. The van der Waals surface area contributed by atoms with E-state index in [-0.39, 0.29) is 35.2 Å². The summed E-state index contributed by atoms with van der Waals surface area (Å²) in [6.07, 6.45) is 2.30. The molecule has 0 saturated carbocycles. The molecule has 1 aliphatic rings. The fraction of sp³-hybridized carbons (Fsp3) is 0.421. The highest BCUT2D eigenvalue weighted by atomic mass is 16.2. The summed E-state index contributed by atoms with van der Waals surface area (Å²) in [6, 6.07) is 10.8. The Bertz CT molecular complexity index is 858. The molecule has 2 atom stereocenters. The van der Waals surface area contributed by atoms with Crippen LogP contribution >= 0.6 is 0 Å². The van der Waals surface area contributed by atoms with Crippen molar-refractivity contribution in [2.75, 3.05) is 20.6 Å². The zero-order valence-corrected chi connectivity index (χ0v) is 15.6. The van der Waals surface area contributed by atoms with E-state index in [9.17, 15) is 14.4 Å². The second-order valence-electron chi connectivity index (χ2n) is 6.82. The Morgan fingerprint density at radius 2 is 1.89 bits per heavy atom. The van der Waals surface area contributed by atoms with Crippen LogP contribution in [-0.4, -0.2) is 59.2 Å². The lowest BCUT2D eigenvalue weighted by atomic mass is 10.1. The van der Waals surface area contributed by atoms with E-state index in [0.29, 0.717) is 18.7 Å². The Morgan fingerprint density at radius 1 is 1.19 bits per heavy atom. The van der Waals surface area contributed by atoms with E-state index >= 15 is 0 Å². The Balaban J connectivity index is 1.59. The summed E-state index contributed by atoms with van der Waals surface area (Å²) < 4.78 is 1.34. The topological polar surface area (TPSA) is 99.2 Å². The van der Waals surface area contributed by atoms with Crippen LogP contribution in [0.3, 0.4) is 0 Å². The molecule has 1 fully saturated rings. The van der Waals surface area contributed by atoms with Crippen molar-refractivity contribution in [1.29, 1.82) is 0 Å². The number of hydrogen-bond acceptors (Lipinski definition) is 4. The van der Waals surface area contributed by atoms with Crippen molar-refractivity contribution in [2.45, 2.75) is 31.3 Å². The summed E-state index contributed by atoms with van der Waals surface area (Å²) in [4.78, 5) is 38.3. The third-order valence-electron chi connectivity index (χ3n) is 5.16. The van der Waals surface area contributed by atoms with Crippen molar-refractivity contribution in [3.63, 3.8) is 0 Å². The van der Waals surface area contributed by atoms with Gasteiger partial charge in [0.1, 0.15) is 5.69 Å². The number of nitrogens with one attached hydrogen (secondary N) is 3. The number of likely N-dealkylation sites (tertiary alicyclic amines) is 1. The zero-order chi connectivity index (χ0) is 19.4. The number of benzene rings is 1. The molecule has 2 heterocycles. The van der Waals surface area contributed by atoms with E-state index < -0.39 is 0 Å². The Hall–Kier alpha value is -2.87. The molecular formula is C19H25N5O3. The molecule has 0 spiro atoms. The predicted molar refractivity (Wildman–Crippen MR) is 102 cm³/mol. The molecule has 1 aromatic carbocycles. The van der Waals surface area contributed by atoms with Gasteiger partial charge in [-0.3, -0.25) is 24.4 Å². The summed E-state index contributed by atoms with van der Waals surface area (Å²) in [7, 11) is 3.61. The Labute approximate surface area is 157 Å². The molecule has 8 heteroatoms. The van der Waals surface area contributed by atoms with Crippen LogP contribution in [0.15, 0.2) is 41.2 Å². The molecule has 1 saturated heterocycles. The van der Waals surface area contributed by atoms with Crippen LogP contribution < -0.4 is 16.2 Å². The number of amides is 2. The number of carbonyl (C=O) groups is 2. The predicted octanol–water partition coefficient (Wildman–Crippen LogP) is 0.494. The van der Waals surface area contributed by atoms with Crippen LogP contribution in [0.5, 0.6) is 0 Å². The minimum atomic E-state index is -0.315. The molecule has 0 unspecified atom stereocenters. The summed E-state index contributed by atoms with van der Waals surface area (Å²) in [5, 5.41) is 8.39. The monoisotopic (exact) mass is 371 g/mol. The highest BCUT2D eigenvalue weighted by Crippen LogP contribution is 2.24. The lowest BCUT2D eigenvalue weighted by molar-refractivity contribution is -0.121. The number of H-pyrrole nitrogens is 1. The van der Waals surface area contributed by atoms with Crippen LogP contribution in [0.25, 0.3) is 5.69 Å². The fourth-order valence-electron chi connectivity index (χ4n) is 3.49. The van der Waals surface area contributed by atoms with E-state index in [1.54, 1.807) is 19.2 Å². The van der Waals surface area contributed by atoms with E-state index in [4.69, 9.17) is 0 Å². The van der Waals surface area contributed by atoms with Gasteiger partial charge < -0.3 is 10.6 Å². The van der Waals surface area contributed by atoms with Crippen molar-refractivity contribution in [3.8, 4) is 5.69 Å². The average molecular weight is 371 g/mol. The van der Waals surface area contributed by atoms with Gasteiger partial charge in [0.25, 0.3) is 11.5 Å². The first-order chi connectivity index (χ1) is 13.0. The van der Waals surface area contributed by atoms with Gasteiger partial charge in [-0.1, -0.05) is 18.2 Å². The van der Waals surface area contributed by atoms with Gasteiger partial charge in [-0.2, -0.15) is 0 Å². The molecule has 27 heavy (non-hydrogen) atoms. The van der Waals surface area contributed by atoms with Crippen LogP contribution in [0.1, 0.15) is 29.8 Å². The summed E-state index contributed by atoms with van der Waals surface area (Å²) in [5.41, 5.74) is 0.621. The number of hydrogen-bond donors (Lipinski definition) is 3. The highest BCUT2D eigenvalue weighted by molar-refractivity contribution is 5.92. The molecule has 1 aliphatic heterocycles. The van der Waals surface area contributed by atoms with Gasteiger partial charge in [0.2, 0.25) is 5.91 Å². The molecule has 2 aromatic rings. The molecule has 0 bridgehead atoms. The van der Waals surface area contributed by atoms with Crippen molar-refractivity contribution < 1.29 is 9.59 Å². The second-order valence-corrected chi connectivity index (χ2v) is 6.82. The van der Waals surface area contributed by atoms with Crippen LogP contribution in [0.2, 0.25) is 0 Å². The number of aromatic nitrogens is 2. The minimum Gasteiger partial charge on any atom is -0.359 e. The number of likely N-dealkylation sites (N-methyl/N-ethyl adjacent to an activating group) is 1. The molecular weight excluding hydrogens is 346 g/mol. The number of carbonyl (C=O) groups excluding carboxylic acids is 2. The molecule has 1 aromatic heterocycles. The highest BCUT2D eigenvalue weighted by Gasteiger charge is 2.31. The average Bonchev–Trinajstić information content (AvgIpc) is 3.23. The van der Waals surface area contributed by atoms with Crippen LogP contribution in [-0.2, 0) is 4.79 Å². The molecule has 3 N–H and O–H groups in total. The maximum Gasteiger partial charge on any atom is 0.271 e. The van der Waals surface area contributed by atoms with Crippen molar-refractivity contribution in [3.05, 3.63) is 52.4 Å². The zero-order valence-electron chi connectivity index (χ0n) is 15.6. The fourth-order valence-corrected chi connectivity index (χ4v) is 3.49. The summed E-state index contributed by atoms with van der Waals surface area (Å²) in [6.45, 7) is 0.470. The molecule has 2 amide bonds. The molecule has 3 rings (SSSR count). The number of rotatable bonds is 6. The normalized spacial score (nSPS) is 19.8. The van der Waals surface area contributed by atoms with Gasteiger partial charge >= 0.3 is 0 Å². The van der Waals surface area contributed by atoms with Gasteiger partial charge in [-0.05, 0) is 32.0 Å². The SMILES string of the molecule is CNC(=O)C[C@H]1CC[C@@H](CNC(=O)c2cc(=O)n(-c3ccccc3)[nH]2)N1C. The van der Waals surface area contributed by atoms with Crippen molar-refractivity contribution in [1.82, 2.24) is 25.3 Å². The first-order valence-corrected chi connectivity index (χ1v) is 9.07. The van der Waals surface area contributed by atoms with Gasteiger partial charge in [0.15, 0.2) is 0 Å². The van der Waals surface area contributed by atoms with Gasteiger partial charge in [-0.25, -0.2) is 4.68 Å². The molecule has 144 valence electrons. The third kappa shape index (κ3) is 4.28. The van der Waals surface area contributed by atoms with Crippen molar-refractivity contribution in [2.24, 2.45) is 0 Å². The maximum absolute atomic E-state index is 12.4. The van der Waals surface area contributed by atoms with E-state index in [0.717, 1.165) is 12.8 Å². The first kappa shape index (κ1) is 18.9.